The van der Waals surface area contributed by atoms with Gasteiger partial charge in [-0.25, -0.2) is 15.0 Å². The summed E-state index contributed by atoms with van der Waals surface area (Å²) in [6.45, 7) is 2.23. The Morgan fingerprint density at radius 2 is 1.86 bits per heavy atom. The number of aromatic nitrogens is 4. The number of thioether (sulfide) groups is 1. The van der Waals surface area contributed by atoms with Gasteiger partial charge < -0.3 is 4.98 Å². The highest BCUT2D eigenvalue weighted by molar-refractivity contribution is 7.99. The van der Waals surface area contributed by atoms with Crippen molar-refractivity contribution in [2.75, 3.05) is 5.75 Å². The molecule has 5 heteroatoms. The molecule has 0 radical (unpaired) electrons. The third-order valence-corrected chi connectivity index (χ3v) is 4.38. The molecule has 0 aliphatic rings. The van der Waals surface area contributed by atoms with Gasteiger partial charge in [-0.05, 0) is 24.3 Å². The maximum absolute atomic E-state index is 4.46. The number of nitrogens with one attached hydrogen (secondary N) is 1. The zero-order valence-electron chi connectivity index (χ0n) is 12.0. The smallest absolute Gasteiger partial charge is 0.197 e. The lowest BCUT2D eigenvalue weighted by molar-refractivity contribution is 0.778. The summed E-state index contributed by atoms with van der Waals surface area (Å²) in [6.07, 6.45) is 7.19. The zero-order chi connectivity index (χ0) is 14.5. The van der Waals surface area contributed by atoms with Crippen molar-refractivity contribution in [3.8, 4) is 11.4 Å². The fraction of sp³-hybridized carbons (Fsp3) is 0.312. The predicted octanol–water partition coefficient (Wildman–Crippen LogP) is 4.30. The second-order valence-corrected chi connectivity index (χ2v) is 6.06. The van der Waals surface area contributed by atoms with E-state index in [2.05, 4.69) is 51.1 Å². The number of rotatable bonds is 6. The fourth-order valence-electron chi connectivity index (χ4n) is 2.13. The van der Waals surface area contributed by atoms with Crippen LogP contribution in [0, 0.1) is 0 Å². The molecule has 0 spiro atoms. The van der Waals surface area contributed by atoms with Crippen molar-refractivity contribution in [2.45, 2.75) is 31.1 Å². The highest BCUT2D eigenvalue weighted by atomic mass is 32.2. The number of hydrogen-bond acceptors (Lipinski definition) is 4. The van der Waals surface area contributed by atoms with E-state index in [9.17, 15) is 0 Å². The van der Waals surface area contributed by atoms with Crippen LogP contribution in [0.4, 0.5) is 0 Å². The molecule has 0 saturated heterocycles. The van der Waals surface area contributed by atoms with Crippen LogP contribution < -0.4 is 0 Å². The lowest BCUT2D eigenvalue weighted by Crippen LogP contribution is -1.82. The number of H-pyrrole nitrogens is 1. The van der Waals surface area contributed by atoms with E-state index in [0.717, 1.165) is 17.0 Å². The molecule has 3 rings (SSSR count). The number of hydrogen-bond donors (Lipinski definition) is 1. The summed E-state index contributed by atoms with van der Waals surface area (Å²) in [5.41, 5.74) is 2.45. The predicted molar refractivity (Wildman–Crippen MR) is 87.4 cm³/mol. The van der Waals surface area contributed by atoms with Crippen LogP contribution >= 0.6 is 11.8 Å². The molecule has 1 aromatic carbocycles. The molecule has 0 unspecified atom stereocenters. The van der Waals surface area contributed by atoms with E-state index in [1.165, 1.54) is 29.9 Å². The van der Waals surface area contributed by atoms with E-state index in [4.69, 9.17) is 0 Å². The maximum atomic E-state index is 4.46. The van der Waals surface area contributed by atoms with Crippen LogP contribution in [0.1, 0.15) is 26.2 Å². The van der Waals surface area contributed by atoms with Gasteiger partial charge in [0.15, 0.2) is 11.3 Å². The minimum Gasteiger partial charge on any atom is -0.321 e. The lowest BCUT2D eigenvalue weighted by atomic mass is 10.2. The summed E-state index contributed by atoms with van der Waals surface area (Å²) in [6, 6.07) is 8.50. The van der Waals surface area contributed by atoms with Gasteiger partial charge in [0.2, 0.25) is 0 Å². The first-order chi connectivity index (χ1) is 10.4. The molecule has 0 saturated carbocycles. The Bertz CT molecular complexity index is 673. The quantitative estimate of drug-likeness (QED) is 0.544. The van der Waals surface area contributed by atoms with Crippen LogP contribution in [0.25, 0.3) is 22.7 Å². The Hall–Kier alpha value is -1.88. The Labute approximate surface area is 128 Å². The van der Waals surface area contributed by atoms with Gasteiger partial charge in [0.25, 0.3) is 0 Å². The van der Waals surface area contributed by atoms with Crippen molar-refractivity contribution < 1.29 is 0 Å². The molecule has 0 bridgehead atoms. The summed E-state index contributed by atoms with van der Waals surface area (Å²) >= 11 is 1.91. The molecule has 0 aliphatic carbocycles. The average Bonchev–Trinajstić information content (AvgIpc) is 2.96. The van der Waals surface area contributed by atoms with Gasteiger partial charge in [0, 0.05) is 22.9 Å². The lowest BCUT2D eigenvalue weighted by Gasteiger charge is -2.02. The minimum atomic E-state index is 0.658. The summed E-state index contributed by atoms with van der Waals surface area (Å²) in [5, 5.41) is 0. The van der Waals surface area contributed by atoms with Crippen molar-refractivity contribution in [1.29, 1.82) is 0 Å². The van der Waals surface area contributed by atoms with Crippen LogP contribution in [0.5, 0.6) is 0 Å². The van der Waals surface area contributed by atoms with E-state index in [1.807, 2.05) is 11.8 Å². The van der Waals surface area contributed by atoms with Crippen LogP contribution in [0.2, 0.25) is 0 Å². The van der Waals surface area contributed by atoms with E-state index >= 15 is 0 Å². The fourth-order valence-corrected chi connectivity index (χ4v) is 3.05. The highest BCUT2D eigenvalue weighted by Crippen LogP contribution is 2.24. The summed E-state index contributed by atoms with van der Waals surface area (Å²) in [7, 11) is 0. The molecule has 0 fully saturated rings. The summed E-state index contributed by atoms with van der Waals surface area (Å²) in [4.78, 5) is 17.4. The van der Waals surface area contributed by atoms with Gasteiger partial charge in [-0.15, -0.1) is 11.8 Å². The molecule has 0 amide bonds. The Morgan fingerprint density at radius 3 is 2.62 bits per heavy atom. The van der Waals surface area contributed by atoms with Gasteiger partial charge in [-0.3, -0.25) is 0 Å². The molecular weight excluding hydrogens is 280 g/mol. The summed E-state index contributed by atoms with van der Waals surface area (Å²) in [5.74, 6) is 2.00. The highest BCUT2D eigenvalue weighted by Gasteiger charge is 2.06. The van der Waals surface area contributed by atoms with E-state index in [1.54, 1.807) is 12.4 Å². The Morgan fingerprint density at radius 1 is 1.05 bits per heavy atom. The standard InChI is InChI=1S/C16H18N4S/c1-2-3-4-11-21-13-7-5-12(6-8-13)14-19-15-16(20-14)18-10-9-17-15/h5-10H,2-4,11H2,1H3,(H,17,18,19,20). The summed E-state index contributed by atoms with van der Waals surface area (Å²) < 4.78 is 0. The van der Waals surface area contributed by atoms with Crippen molar-refractivity contribution >= 4 is 23.1 Å². The van der Waals surface area contributed by atoms with E-state index in [-0.39, 0.29) is 0 Å². The minimum absolute atomic E-state index is 0.658. The molecule has 2 aromatic heterocycles. The molecule has 0 atom stereocenters. The van der Waals surface area contributed by atoms with Crippen LogP contribution in [-0.2, 0) is 0 Å². The largest absolute Gasteiger partial charge is 0.321 e. The normalized spacial score (nSPS) is 11.1. The van der Waals surface area contributed by atoms with Gasteiger partial charge >= 0.3 is 0 Å². The first-order valence-electron chi connectivity index (χ1n) is 7.27. The van der Waals surface area contributed by atoms with Crippen molar-refractivity contribution in [3.05, 3.63) is 36.7 Å². The van der Waals surface area contributed by atoms with E-state index in [0.29, 0.717) is 5.65 Å². The molecular formula is C16H18N4S. The van der Waals surface area contributed by atoms with Gasteiger partial charge in [-0.2, -0.15) is 0 Å². The Balaban J connectivity index is 1.71. The topological polar surface area (TPSA) is 54.5 Å². The van der Waals surface area contributed by atoms with Crippen molar-refractivity contribution in [2.24, 2.45) is 0 Å². The first-order valence-corrected chi connectivity index (χ1v) is 8.25. The van der Waals surface area contributed by atoms with E-state index < -0.39 is 0 Å². The van der Waals surface area contributed by atoms with Gasteiger partial charge in [0.05, 0.1) is 0 Å². The number of benzene rings is 1. The number of nitrogens with zero attached hydrogens (tertiary/aromatic N) is 3. The molecule has 3 aromatic rings. The second kappa shape index (κ2) is 6.72. The van der Waals surface area contributed by atoms with Gasteiger partial charge in [-0.1, -0.05) is 31.9 Å². The zero-order valence-corrected chi connectivity index (χ0v) is 12.9. The molecule has 2 heterocycles. The molecule has 0 aliphatic heterocycles. The van der Waals surface area contributed by atoms with Crippen molar-refractivity contribution in [3.63, 3.8) is 0 Å². The van der Waals surface area contributed by atoms with Crippen LogP contribution in [0.15, 0.2) is 41.6 Å². The van der Waals surface area contributed by atoms with Crippen molar-refractivity contribution in [1.82, 2.24) is 19.9 Å². The first kappa shape index (κ1) is 14.1. The Kier molecular flexibility index (Phi) is 4.50. The number of imidazole rings is 1. The average molecular weight is 298 g/mol. The van der Waals surface area contributed by atoms with Crippen LogP contribution in [-0.4, -0.2) is 25.7 Å². The third kappa shape index (κ3) is 3.42. The molecule has 108 valence electrons. The third-order valence-electron chi connectivity index (χ3n) is 3.28. The van der Waals surface area contributed by atoms with Gasteiger partial charge in [0.1, 0.15) is 5.82 Å². The van der Waals surface area contributed by atoms with Crippen LogP contribution in [0.3, 0.4) is 0 Å². The maximum Gasteiger partial charge on any atom is 0.197 e. The number of unbranched alkanes of at least 4 members (excludes halogenated alkanes) is 2. The molecule has 21 heavy (non-hydrogen) atoms. The monoisotopic (exact) mass is 298 g/mol. The molecule has 1 N–H and O–H groups in total. The SMILES string of the molecule is CCCCCSc1ccc(-c2nc3nccnc3[nH]2)cc1. The number of aromatic amines is 1. The second-order valence-electron chi connectivity index (χ2n) is 4.89. The number of fused-ring (bicyclic) bond motifs is 1. The molecule has 4 nitrogen and oxygen atoms in total.